The Bertz CT molecular complexity index is 379. The molecule has 0 saturated heterocycles. The van der Waals surface area contributed by atoms with Crippen molar-refractivity contribution in [3.63, 3.8) is 0 Å². The summed E-state index contributed by atoms with van der Waals surface area (Å²) in [4.78, 5) is 0.770. The second-order valence-corrected chi connectivity index (χ2v) is 6.53. The minimum atomic E-state index is -0.0867. The number of hydrogen-bond donors (Lipinski definition) is 1. The summed E-state index contributed by atoms with van der Waals surface area (Å²) in [5.41, 5.74) is 1.03. The minimum Gasteiger partial charge on any atom is -0.310 e. The Balaban J connectivity index is 2.58. The molecule has 0 aromatic heterocycles. The Morgan fingerprint density at radius 1 is 1.26 bits per heavy atom. The van der Waals surface area contributed by atoms with Gasteiger partial charge in [-0.25, -0.2) is 4.39 Å². The van der Waals surface area contributed by atoms with Crippen LogP contribution in [0.1, 0.15) is 52.1 Å². The van der Waals surface area contributed by atoms with Gasteiger partial charge in [-0.1, -0.05) is 26.8 Å². The Labute approximate surface area is 121 Å². The monoisotopic (exact) mass is 283 g/mol. The van der Waals surface area contributed by atoms with E-state index in [4.69, 9.17) is 0 Å². The molecule has 1 unspecified atom stereocenters. The van der Waals surface area contributed by atoms with Crippen molar-refractivity contribution in [2.75, 3.05) is 12.3 Å². The first-order valence-corrected chi connectivity index (χ1v) is 8.18. The number of rotatable bonds is 8. The molecule has 0 aliphatic carbocycles. The maximum Gasteiger partial charge on any atom is 0.137 e. The summed E-state index contributed by atoms with van der Waals surface area (Å²) in [7, 11) is 0. The van der Waals surface area contributed by atoms with Gasteiger partial charge in [-0.3, -0.25) is 0 Å². The van der Waals surface area contributed by atoms with E-state index in [2.05, 4.69) is 33.0 Å². The molecule has 0 aliphatic heterocycles. The van der Waals surface area contributed by atoms with Crippen molar-refractivity contribution in [3.05, 3.63) is 29.6 Å². The molecule has 1 aromatic carbocycles. The van der Waals surface area contributed by atoms with Gasteiger partial charge in [0.2, 0.25) is 0 Å². The van der Waals surface area contributed by atoms with Gasteiger partial charge in [-0.15, -0.1) is 11.8 Å². The van der Waals surface area contributed by atoms with Gasteiger partial charge in [0.15, 0.2) is 0 Å². The Morgan fingerprint density at radius 2 is 2.00 bits per heavy atom. The van der Waals surface area contributed by atoms with Crippen molar-refractivity contribution in [2.45, 2.75) is 51.5 Å². The highest BCUT2D eigenvalue weighted by molar-refractivity contribution is 7.99. The zero-order valence-electron chi connectivity index (χ0n) is 12.5. The van der Waals surface area contributed by atoms with Crippen LogP contribution in [0.3, 0.4) is 0 Å². The molecular formula is C16H26FNS. The van der Waals surface area contributed by atoms with E-state index in [-0.39, 0.29) is 11.9 Å². The van der Waals surface area contributed by atoms with E-state index < -0.39 is 0 Å². The largest absolute Gasteiger partial charge is 0.310 e. The Morgan fingerprint density at radius 3 is 2.58 bits per heavy atom. The molecule has 0 amide bonds. The zero-order chi connectivity index (χ0) is 14.3. The summed E-state index contributed by atoms with van der Waals surface area (Å²) >= 11 is 1.62. The topological polar surface area (TPSA) is 12.0 Å². The quantitative estimate of drug-likeness (QED) is 0.672. The molecule has 1 rings (SSSR count). The molecule has 0 heterocycles. The predicted molar refractivity (Wildman–Crippen MR) is 83.3 cm³/mol. The van der Waals surface area contributed by atoms with Crippen LogP contribution >= 0.6 is 11.8 Å². The third-order valence-electron chi connectivity index (χ3n) is 3.11. The van der Waals surface area contributed by atoms with Gasteiger partial charge < -0.3 is 5.32 Å². The zero-order valence-corrected chi connectivity index (χ0v) is 13.3. The van der Waals surface area contributed by atoms with Crippen LogP contribution in [0.25, 0.3) is 0 Å². The molecule has 1 aromatic rings. The van der Waals surface area contributed by atoms with Crippen molar-refractivity contribution in [1.82, 2.24) is 5.32 Å². The first-order valence-electron chi connectivity index (χ1n) is 7.20. The van der Waals surface area contributed by atoms with E-state index in [0.717, 1.165) is 35.6 Å². The fourth-order valence-corrected chi connectivity index (χ4v) is 2.96. The maximum atomic E-state index is 14.0. The van der Waals surface area contributed by atoms with Gasteiger partial charge in [-0.2, -0.15) is 0 Å². The van der Waals surface area contributed by atoms with Crippen LogP contribution in [0.15, 0.2) is 23.1 Å². The molecule has 1 nitrogen and oxygen atoms in total. The van der Waals surface area contributed by atoms with E-state index in [1.807, 2.05) is 12.1 Å². The Kier molecular flexibility index (Phi) is 7.47. The first-order chi connectivity index (χ1) is 9.04. The van der Waals surface area contributed by atoms with Crippen molar-refractivity contribution < 1.29 is 4.39 Å². The van der Waals surface area contributed by atoms with Gasteiger partial charge in [0.25, 0.3) is 0 Å². The van der Waals surface area contributed by atoms with E-state index in [0.29, 0.717) is 5.92 Å². The standard InChI is InChI=1S/C16H26FNS/c1-5-9-18-13(4)14-6-7-16(15(17)11-14)19-10-8-12(2)3/h6-7,11-13,18H,5,8-10H2,1-4H3. The van der Waals surface area contributed by atoms with Crippen LogP contribution in [0, 0.1) is 11.7 Å². The highest BCUT2D eigenvalue weighted by atomic mass is 32.2. The van der Waals surface area contributed by atoms with Crippen LogP contribution in [-0.2, 0) is 0 Å². The van der Waals surface area contributed by atoms with Gasteiger partial charge in [-0.05, 0) is 55.7 Å². The highest BCUT2D eigenvalue weighted by Gasteiger charge is 2.09. The number of nitrogens with one attached hydrogen (secondary N) is 1. The number of hydrogen-bond acceptors (Lipinski definition) is 2. The molecule has 0 aliphatic rings. The third-order valence-corrected chi connectivity index (χ3v) is 4.19. The fourth-order valence-electron chi connectivity index (χ4n) is 1.79. The second-order valence-electron chi connectivity index (χ2n) is 5.40. The van der Waals surface area contributed by atoms with Crippen molar-refractivity contribution in [2.24, 2.45) is 5.92 Å². The molecule has 0 bridgehead atoms. The smallest absolute Gasteiger partial charge is 0.137 e. The SMILES string of the molecule is CCCNC(C)c1ccc(SCCC(C)C)c(F)c1. The van der Waals surface area contributed by atoms with Gasteiger partial charge in [0.1, 0.15) is 5.82 Å². The van der Waals surface area contributed by atoms with E-state index in [1.54, 1.807) is 17.8 Å². The lowest BCUT2D eigenvalue weighted by molar-refractivity contribution is 0.556. The van der Waals surface area contributed by atoms with E-state index >= 15 is 0 Å². The van der Waals surface area contributed by atoms with Crippen molar-refractivity contribution >= 4 is 11.8 Å². The molecular weight excluding hydrogens is 257 g/mol. The Hall–Kier alpha value is -0.540. The average molecular weight is 283 g/mol. The van der Waals surface area contributed by atoms with Gasteiger partial charge in [0, 0.05) is 10.9 Å². The second kappa shape index (κ2) is 8.60. The molecule has 19 heavy (non-hydrogen) atoms. The number of thioether (sulfide) groups is 1. The van der Waals surface area contributed by atoms with Crippen LogP contribution in [0.4, 0.5) is 4.39 Å². The fraction of sp³-hybridized carbons (Fsp3) is 0.625. The van der Waals surface area contributed by atoms with Crippen molar-refractivity contribution in [1.29, 1.82) is 0 Å². The molecule has 0 spiro atoms. The molecule has 1 atom stereocenters. The molecule has 1 N–H and O–H groups in total. The van der Waals surface area contributed by atoms with Gasteiger partial charge in [0.05, 0.1) is 0 Å². The predicted octanol–water partition coefficient (Wildman–Crippen LogP) is 5.02. The normalized spacial score (nSPS) is 12.9. The summed E-state index contributed by atoms with van der Waals surface area (Å²) in [6, 6.07) is 5.84. The first kappa shape index (κ1) is 16.5. The van der Waals surface area contributed by atoms with Crippen LogP contribution in [-0.4, -0.2) is 12.3 Å². The molecule has 0 fully saturated rings. The highest BCUT2D eigenvalue weighted by Crippen LogP contribution is 2.26. The lowest BCUT2D eigenvalue weighted by atomic mass is 10.1. The summed E-state index contributed by atoms with van der Waals surface area (Å²) in [6.07, 6.45) is 2.22. The summed E-state index contributed by atoms with van der Waals surface area (Å²) in [5, 5.41) is 3.38. The molecule has 108 valence electrons. The van der Waals surface area contributed by atoms with Crippen LogP contribution in [0.2, 0.25) is 0 Å². The van der Waals surface area contributed by atoms with Crippen LogP contribution < -0.4 is 5.32 Å². The summed E-state index contributed by atoms with van der Waals surface area (Å²) < 4.78 is 14.0. The number of halogens is 1. The van der Waals surface area contributed by atoms with E-state index in [1.165, 1.54) is 0 Å². The van der Waals surface area contributed by atoms with Crippen LogP contribution in [0.5, 0.6) is 0 Å². The average Bonchev–Trinajstić information content (AvgIpc) is 2.37. The maximum absolute atomic E-state index is 14.0. The summed E-state index contributed by atoms with van der Waals surface area (Å²) in [6.45, 7) is 9.57. The summed E-state index contributed by atoms with van der Waals surface area (Å²) in [5.74, 6) is 1.57. The van der Waals surface area contributed by atoms with Crippen molar-refractivity contribution in [3.8, 4) is 0 Å². The third kappa shape index (κ3) is 5.96. The lowest BCUT2D eigenvalue weighted by Crippen LogP contribution is -2.19. The molecule has 0 radical (unpaired) electrons. The minimum absolute atomic E-state index is 0.0867. The lowest BCUT2D eigenvalue weighted by Gasteiger charge is -2.14. The van der Waals surface area contributed by atoms with Gasteiger partial charge >= 0.3 is 0 Å². The molecule has 0 saturated carbocycles. The van der Waals surface area contributed by atoms with E-state index in [9.17, 15) is 4.39 Å². The number of benzene rings is 1. The molecule has 3 heteroatoms.